The molecule has 2 aliphatic rings. The summed E-state index contributed by atoms with van der Waals surface area (Å²) >= 11 is 0. The first kappa shape index (κ1) is 27.9. The van der Waals surface area contributed by atoms with Crippen LogP contribution in [0, 0.1) is 22.7 Å². The molecule has 0 fully saturated rings. The summed E-state index contributed by atoms with van der Waals surface area (Å²) in [5.74, 6) is 0.419. The van der Waals surface area contributed by atoms with Crippen LogP contribution in [-0.2, 0) is 9.70 Å². The second-order valence-electron chi connectivity index (χ2n) is 12.9. The lowest BCUT2D eigenvalue weighted by Crippen LogP contribution is -2.77. The largest absolute Gasteiger partial charge is 0.385 e. The van der Waals surface area contributed by atoms with E-state index in [0.717, 1.165) is 16.8 Å². The van der Waals surface area contributed by atoms with Crippen molar-refractivity contribution in [2.75, 3.05) is 5.73 Å². The maximum Gasteiger partial charge on any atom is 0.170 e. The third kappa shape index (κ3) is 3.04. The van der Waals surface area contributed by atoms with Crippen LogP contribution in [0.5, 0.6) is 0 Å². The SMILES string of the molecule is C[Si]1(C)n2c(N)c(C#N)c(C#N)c2[C@@]2(c3ccccc3)C(c3ccccc3)=C(c3ccccc3)[C@]1(c1ccccc1)[Si]2(C)C. The van der Waals surface area contributed by atoms with Crippen molar-refractivity contribution >= 4 is 33.3 Å². The molecule has 2 bridgehead atoms. The molecule has 3 heterocycles. The quantitative estimate of drug-likeness (QED) is 0.211. The smallest absolute Gasteiger partial charge is 0.170 e. The highest BCUT2D eigenvalue weighted by atomic mass is 28.4. The summed E-state index contributed by atoms with van der Waals surface area (Å²) in [4.78, 5) is 0. The van der Waals surface area contributed by atoms with Gasteiger partial charge in [-0.25, -0.2) is 0 Å². The Hall–Kier alpha value is -4.89. The zero-order chi connectivity index (χ0) is 30.9. The summed E-state index contributed by atoms with van der Waals surface area (Å²) < 4.78 is 1.92. The number of fused-ring (bicyclic) bond motifs is 4. The molecule has 0 saturated heterocycles. The summed E-state index contributed by atoms with van der Waals surface area (Å²) in [5, 5.41) is 20.7. The minimum atomic E-state index is -2.82. The zero-order valence-electron chi connectivity index (χ0n) is 25.5. The predicted molar refractivity (Wildman–Crippen MR) is 184 cm³/mol. The minimum absolute atomic E-state index is 0.299. The monoisotopic (exact) mass is 602 g/mol. The Labute approximate surface area is 261 Å². The zero-order valence-corrected chi connectivity index (χ0v) is 27.5. The van der Waals surface area contributed by atoms with Crippen LogP contribution in [0.2, 0.25) is 26.2 Å². The third-order valence-electron chi connectivity index (χ3n) is 10.7. The van der Waals surface area contributed by atoms with Crippen molar-refractivity contribution in [2.24, 2.45) is 0 Å². The number of rotatable bonds is 4. The molecule has 4 nitrogen and oxygen atoms in total. The fourth-order valence-corrected chi connectivity index (χ4v) is 25.2. The first-order valence-electron chi connectivity index (χ1n) is 15.0. The van der Waals surface area contributed by atoms with Gasteiger partial charge in [-0.15, -0.1) is 0 Å². The van der Waals surface area contributed by atoms with E-state index in [2.05, 4.69) is 164 Å². The lowest BCUT2D eigenvalue weighted by Gasteiger charge is -2.62. The highest BCUT2D eigenvalue weighted by molar-refractivity contribution is 7.06. The van der Waals surface area contributed by atoms with Gasteiger partial charge >= 0.3 is 0 Å². The molecule has 6 heteroatoms. The van der Waals surface area contributed by atoms with Gasteiger partial charge in [0.15, 0.2) is 8.24 Å². The standard InChI is InChI=1S/C38H34N4Si2/c1-43(2)37(29-21-13-7-14-22-29)33(27-17-9-5-10-18-27)34(28-19-11-6-12-20-28)38(43,30-23-15-8-16-24-30)44(3,4)42-35(37)31(25-39)32(26-40)36(42)41/h5-24H,41H2,1-4H3/t37-,38-/m1/s1. The average Bonchev–Trinajstić information content (AvgIpc) is 3.43. The summed E-state index contributed by atoms with van der Waals surface area (Å²) in [6.07, 6.45) is 0. The Bertz CT molecular complexity index is 2030. The number of nitriles is 2. The van der Waals surface area contributed by atoms with Crippen LogP contribution in [0.1, 0.15) is 39.1 Å². The fourth-order valence-electron chi connectivity index (χ4n) is 9.49. The van der Waals surface area contributed by atoms with Gasteiger partial charge in [-0.1, -0.05) is 148 Å². The Kier molecular flexibility index (Phi) is 6.06. The van der Waals surface area contributed by atoms with Crippen molar-refractivity contribution in [2.45, 2.75) is 35.9 Å². The van der Waals surface area contributed by atoms with Crippen molar-refractivity contribution < 1.29 is 0 Å². The van der Waals surface area contributed by atoms with Crippen LogP contribution in [0.3, 0.4) is 0 Å². The summed E-state index contributed by atoms with van der Waals surface area (Å²) in [5.41, 5.74) is 16.0. The predicted octanol–water partition coefficient (Wildman–Crippen LogP) is 8.06. The lowest BCUT2D eigenvalue weighted by molar-refractivity contribution is 0.757. The molecular formula is C38H34N4Si2. The van der Waals surface area contributed by atoms with E-state index < -0.39 is 26.0 Å². The van der Waals surface area contributed by atoms with Crippen molar-refractivity contribution in [1.82, 2.24) is 4.23 Å². The van der Waals surface area contributed by atoms with Gasteiger partial charge in [-0.3, -0.25) is 0 Å². The molecule has 0 radical (unpaired) electrons. The number of aromatic nitrogens is 1. The third-order valence-corrected chi connectivity index (χ3v) is 23.4. The Morgan fingerprint density at radius 3 is 1.50 bits per heavy atom. The Balaban J connectivity index is 1.89. The molecule has 2 atom stereocenters. The average molecular weight is 603 g/mol. The van der Waals surface area contributed by atoms with Gasteiger partial charge in [-0.05, 0) is 33.4 Å². The van der Waals surface area contributed by atoms with Crippen molar-refractivity contribution in [3.63, 3.8) is 0 Å². The van der Waals surface area contributed by atoms with Crippen LogP contribution >= 0.6 is 0 Å². The number of hydrogen-bond donors (Lipinski definition) is 1. The number of nitrogen functional groups attached to an aromatic ring is 1. The van der Waals surface area contributed by atoms with Gasteiger partial charge in [0.2, 0.25) is 0 Å². The maximum atomic E-state index is 10.9. The molecule has 4 aromatic carbocycles. The van der Waals surface area contributed by atoms with Gasteiger partial charge in [0.1, 0.15) is 23.5 Å². The van der Waals surface area contributed by atoms with E-state index >= 15 is 0 Å². The second-order valence-corrected chi connectivity index (χ2v) is 22.5. The van der Waals surface area contributed by atoms with Gasteiger partial charge < -0.3 is 9.97 Å². The number of nitrogens with two attached hydrogens (primary N) is 1. The first-order chi connectivity index (χ1) is 21.2. The number of allylic oxidation sites excluding steroid dienone is 2. The van der Waals surface area contributed by atoms with E-state index in [1.807, 2.05) is 0 Å². The van der Waals surface area contributed by atoms with E-state index in [-0.39, 0.29) is 0 Å². The lowest BCUT2D eigenvalue weighted by atomic mass is 9.77. The molecule has 0 aliphatic carbocycles. The van der Waals surface area contributed by atoms with Crippen molar-refractivity contribution in [3.8, 4) is 12.1 Å². The molecule has 44 heavy (non-hydrogen) atoms. The molecule has 2 aliphatic heterocycles. The molecule has 214 valence electrons. The minimum Gasteiger partial charge on any atom is -0.385 e. The van der Waals surface area contributed by atoms with Gasteiger partial charge in [0.05, 0.1) is 18.7 Å². The summed E-state index contributed by atoms with van der Waals surface area (Å²) in [6.45, 7) is 9.87. The molecule has 5 aromatic rings. The Morgan fingerprint density at radius 1 is 0.591 bits per heavy atom. The van der Waals surface area contributed by atoms with Crippen LogP contribution in [-0.4, -0.2) is 20.5 Å². The Morgan fingerprint density at radius 2 is 1.02 bits per heavy atom. The molecule has 1 aromatic heterocycles. The van der Waals surface area contributed by atoms with Crippen LogP contribution in [0.25, 0.3) is 11.1 Å². The van der Waals surface area contributed by atoms with Crippen LogP contribution in [0.15, 0.2) is 121 Å². The fraction of sp³-hybridized carbons (Fsp3) is 0.158. The van der Waals surface area contributed by atoms with Crippen LogP contribution in [0.4, 0.5) is 5.82 Å². The van der Waals surface area contributed by atoms with Gasteiger partial charge in [0, 0.05) is 10.4 Å². The number of anilines is 1. The molecule has 0 unspecified atom stereocenters. The molecular weight excluding hydrogens is 569 g/mol. The van der Waals surface area contributed by atoms with Crippen molar-refractivity contribution in [3.05, 3.63) is 160 Å². The van der Waals surface area contributed by atoms with E-state index in [9.17, 15) is 10.5 Å². The maximum absolute atomic E-state index is 10.9. The van der Waals surface area contributed by atoms with Crippen LogP contribution < -0.4 is 5.73 Å². The molecule has 7 rings (SSSR count). The molecule has 0 amide bonds. The van der Waals surface area contributed by atoms with E-state index in [4.69, 9.17) is 5.73 Å². The van der Waals surface area contributed by atoms with E-state index in [0.29, 0.717) is 16.9 Å². The number of hydrogen-bond acceptors (Lipinski definition) is 3. The normalized spacial score (nSPS) is 22.6. The highest BCUT2D eigenvalue weighted by Gasteiger charge is 2.79. The summed E-state index contributed by atoms with van der Waals surface area (Å²) in [6, 6.07) is 48.2. The summed E-state index contributed by atoms with van der Waals surface area (Å²) in [7, 11) is -5.59. The van der Waals surface area contributed by atoms with Gasteiger partial charge in [-0.2, -0.15) is 10.5 Å². The first-order valence-corrected chi connectivity index (χ1v) is 21.0. The molecule has 0 saturated carbocycles. The van der Waals surface area contributed by atoms with Crippen molar-refractivity contribution in [1.29, 1.82) is 10.5 Å². The number of benzene rings is 4. The topological polar surface area (TPSA) is 78.5 Å². The van der Waals surface area contributed by atoms with E-state index in [1.54, 1.807) is 0 Å². The highest BCUT2D eigenvalue weighted by Crippen LogP contribution is 2.74. The number of nitrogens with zero attached hydrogens (tertiary/aromatic N) is 3. The van der Waals surface area contributed by atoms with Gasteiger partial charge in [0.25, 0.3) is 0 Å². The molecule has 2 N–H and O–H groups in total. The second kappa shape index (κ2) is 9.56. The van der Waals surface area contributed by atoms with E-state index in [1.165, 1.54) is 22.3 Å². The molecule has 0 spiro atoms.